The van der Waals surface area contributed by atoms with Crippen molar-refractivity contribution in [2.24, 2.45) is 0 Å². The highest BCUT2D eigenvalue weighted by Gasteiger charge is 2.24. The van der Waals surface area contributed by atoms with Crippen molar-refractivity contribution < 1.29 is 14.3 Å². The first kappa shape index (κ1) is 14.0. The van der Waals surface area contributed by atoms with Gasteiger partial charge in [-0.25, -0.2) is 9.78 Å². The molecule has 1 aromatic carbocycles. The van der Waals surface area contributed by atoms with Crippen molar-refractivity contribution >= 4 is 5.97 Å². The van der Waals surface area contributed by atoms with Gasteiger partial charge >= 0.3 is 5.97 Å². The molecule has 1 heterocycles. The summed E-state index contributed by atoms with van der Waals surface area (Å²) in [5.74, 6) is 0.111. The van der Waals surface area contributed by atoms with Gasteiger partial charge in [0, 0.05) is 5.56 Å². The Morgan fingerprint density at radius 2 is 2.09 bits per heavy atom. The Balaban J connectivity index is 2.05. The molecule has 0 amide bonds. The van der Waals surface area contributed by atoms with Gasteiger partial charge in [0.15, 0.2) is 0 Å². The lowest BCUT2D eigenvalue weighted by atomic mass is 10.2. The van der Waals surface area contributed by atoms with E-state index in [-0.39, 0.29) is 5.82 Å². The van der Waals surface area contributed by atoms with E-state index in [9.17, 15) is 4.79 Å². The molecule has 110 valence electrons. The molecule has 6 heteroatoms. The average molecular weight is 295 g/mol. The topological polar surface area (TPSA) is 85.1 Å². The zero-order chi connectivity index (χ0) is 15.5. The smallest absolute Gasteiger partial charge is 0.376 e. The minimum atomic E-state index is -0.604. The minimum Gasteiger partial charge on any atom is -0.463 e. The first-order valence-electron chi connectivity index (χ1n) is 6.88. The number of aromatic nitrogens is 2. The van der Waals surface area contributed by atoms with E-state index in [4.69, 9.17) is 10.00 Å². The van der Waals surface area contributed by atoms with Gasteiger partial charge in [0.1, 0.15) is 11.8 Å². The quantitative estimate of drug-likeness (QED) is 0.808. The van der Waals surface area contributed by atoms with Crippen molar-refractivity contribution in [2.75, 3.05) is 7.11 Å². The van der Waals surface area contributed by atoms with Crippen LogP contribution >= 0.6 is 0 Å². The highest BCUT2D eigenvalue weighted by molar-refractivity contribution is 5.85. The number of aryl methyl sites for hydroxylation is 1. The van der Waals surface area contributed by atoms with Crippen LogP contribution in [0.1, 0.15) is 33.9 Å². The standard InChI is InChI=1S/C16H13N3O3/c1-21-16(20)14-18-12-7-4-6-11(12)15(19-14)22-13-8-3-2-5-10(13)9-17/h2-3,5,8H,4,6-7H2,1H3. The van der Waals surface area contributed by atoms with Gasteiger partial charge in [0.25, 0.3) is 0 Å². The third-order valence-electron chi connectivity index (χ3n) is 3.48. The molecule has 0 fully saturated rings. The van der Waals surface area contributed by atoms with Crippen molar-refractivity contribution in [1.82, 2.24) is 9.97 Å². The number of esters is 1. The van der Waals surface area contributed by atoms with Gasteiger partial charge in [-0.15, -0.1) is 0 Å². The fourth-order valence-corrected chi connectivity index (χ4v) is 2.42. The molecule has 0 atom stereocenters. The molecular weight excluding hydrogens is 282 g/mol. The molecule has 2 aromatic rings. The zero-order valence-corrected chi connectivity index (χ0v) is 12.0. The number of nitrogens with zero attached hydrogens (tertiary/aromatic N) is 3. The maximum Gasteiger partial charge on any atom is 0.376 e. The molecule has 1 aromatic heterocycles. The molecule has 0 radical (unpaired) electrons. The second kappa shape index (κ2) is 5.82. The summed E-state index contributed by atoms with van der Waals surface area (Å²) in [7, 11) is 1.28. The van der Waals surface area contributed by atoms with Crippen molar-refractivity contribution in [3.63, 3.8) is 0 Å². The van der Waals surface area contributed by atoms with Crippen molar-refractivity contribution in [3.8, 4) is 17.7 Å². The Hall–Kier alpha value is -2.94. The largest absolute Gasteiger partial charge is 0.463 e. The van der Waals surface area contributed by atoms with Crippen molar-refractivity contribution in [2.45, 2.75) is 19.3 Å². The number of rotatable bonds is 3. The van der Waals surface area contributed by atoms with Crippen LogP contribution in [0.25, 0.3) is 0 Å². The third kappa shape index (κ3) is 2.49. The van der Waals surface area contributed by atoms with Gasteiger partial charge in [-0.3, -0.25) is 0 Å². The zero-order valence-electron chi connectivity index (χ0n) is 12.0. The molecule has 0 bridgehead atoms. The van der Waals surface area contributed by atoms with Gasteiger partial charge in [-0.2, -0.15) is 10.2 Å². The Bertz CT molecular complexity index is 781. The van der Waals surface area contributed by atoms with E-state index in [0.29, 0.717) is 17.2 Å². The second-order valence-corrected chi connectivity index (χ2v) is 4.83. The van der Waals surface area contributed by atoms with Crippen LogP contribution in [0.15, 0.2) is 24.3 Å². The summed E-state index contributed by atoms with van der Waals surface area (Å²) in [4.78, 5) is 20.1. The summed E-state index contributed by atoms with van der Waals surface area (Å²) in [6, 6.07) is 8.97. The number of methoxy groups -OCH3 is 1. The maximum atomic E-state index is 11.7. The lowest BCUT2D eigenvalue weighted by Gasteiger charge is -2.11. The van der Waals surface area contributed by atoms with Crippen LogP contribution in [0.5, 0.6) is 11.6 Å². The van der Waals surface area contributed by atoms with Crippen LogP contribution in [0.3, 0.4) is 0 Å². The number of hydrogen-bond acceptors (Lipinski definition) is 6. The lowest BCUT2D eigenvalue weighted by Crippen LogP contribution is -2.11. The number of carbonyl (C=O) groups is 1. The average Bonchev–Trinajstić information content (AvgIpc) is 3.03. The van der Waals surface area contributed by atoms with E-state index < -0.39 is 5.97 Å². The molecule has 1 aliphatic carbocycles. The summed E-state index contributed by atoms with van der Waals surface area (Å²) >= 11 is 0. The molecule has 22 heavy (non-hydrogen) atoms. The van der Waals surface area contributed by atoms with Gasteiger partial charge in [-0.05, 0) is 31.4 Å². The Labute approximate surface area is 127 Å². The lowest BCUT2D eigenvalue weighted by molar-refractivity contribution is 0.0585. The van der Waals surface area contributed by atoms with Crippen LogP contribution in [0, 0.1) is 11.3 Å². The third-order valence-corrected chi connectivity index (χ3v) is 3.48. The predicted octanol–water partition coefficient (Wildman–Crippen LogP) is 2.42. The molecule has 6 nitrogen and oxygen atoms in total. The van der Waals surface area contributed by atoms with E-state index >= 15 is 0 Å². The monoisotopic (exact) mass is 295 g/mol. The Morgan fingerprint density at radius 1 is 1.27 bits per heavy atom. The van der Waals surface area contributed by atoms with E-state index in [0.717, 1.165) is 30.5 Å². The molecule has 0 aliphatic heterocycles. The van der Waals surface area contributed by atoms with Crippen molar-refractivity contribution in [1.29, 1.82) is 5.26 Å². The number of para-hydroxylation sites is 1. The van der Waals surface area contributed by atoms with E-state index in [1.54, 1.807) is 24.3 Å². The van der Waals surface area contributed by atoms with Gasteiger partial charge in [0.2, 0.25) is 11.7 Å². The molecule has 1 aliphatic rings. The predicted molar refractivity (Wildman–Crippen MR) is 76.6 cm³/mol. The minimum absolute atomic E-state index is 0.0208. The molecule has 0 saturated carbocycles. The number of fused-ring (bicyclic) bond motifs is 1. The van der Waals surface area contributed by atoms with Gasteiger partial charge in [-0.1, -0.05) is 12.1 Å². The SMILES string of the molecule is COC(=O)c1nc2c(c(Oc3ccccc3C#N)n1)CCC2. The fraction of sp³-hybridized carbons (Fsp3) is 0.250. The normalized spacial score (nSPS) is 12.4. The van der Waals surface area contributed by atoms with E-state index in [1.807, 2.05) is 0 Å². The number of hydrogen-bond donors (Lipinski definition) is 0. The first-order chi connectivity index (χ1) is 10.7. The number of carbonyl (C=O) groups excluding carboxylic acids is 1. The molecule has 0 unspecified atom stereocenters. The fourth-order valence-electron chi connectivity index (χ4n) is 2.42. The van der Waals surface area contributed by atoms with E-state index in [1.165, 1.54) is 7.11 Å². The first-order valence-corrected chi connectivity index (χ1v) is 6.88. The number of ether oxygens (including phenoxy) is 2. The maximum absolute atomic E-state index is 11.7. The van der Waals surface area contributed by atoms with Crippen LogP contribution in [-0.2, 0) is 17.6 Å². The second-order valence-electron chi connectivity index (χ2n) is 4.83. The summed E-state index contributed by atoms with van der Waals surface area (Å²) in [5.41, 5.74) is 2.10. The summed E-state index contributed by atoms with van der Waals surface area (Å²) < 4.78 is 10.5. The van der Waals surface area contributed by atoms with Crippen LogP contribution in [-0.4, -0.2) is 23.0 Å². The Morgan fingerprint density at radius 3 is 2.86 bits per heavy atom. The molecule has 0 N–H and O–H groups in total. The number of nitriles is 1. The summed E-state index contributed by atoms with van der Waals surface area (Å²) in [5, 5.41) is 9.13. The Kier molecular flexibility index (Phi) is 3.71. The molecule has 0 saturated heterocycles. The highest BCUT2D eigenvalue weighted by atomic mass is 16.5. The van der Waals surface area contributed by atoms with Crippen LogP contribution < -0.4 is 4.74 Å². The molecule has 0 spiro atoms. The highest BCUT2D eigenvalue weighted by Crippen LogP contribution is 2.32. The summed E-state index contributed by atoms with van der Waals surface area (Å²) in [6.45, 7) is 0. The van der Waals surface area contributed by atoms with Crippen molar-refractivity contribution in [3.05, 3.63) is 46.9 Å². The molecular formula is C16H13N3O3. The van der Waals surface area contributed by atoms with E-state index in [2.05, 4.69) is 20.8 Å². The summed E-state index contributed by atoms with van der Waals surface area (Å²) in [6.07, 6.45) is 2.50. The van der Waals surface area contributed by atoms with Gasteiger partial charge < -0.3 is 9.47 Å². The molecule has 3 rings (SSSR count). The van der Waals surface area contributed by atoms with Gasteiger partial charge in [0.05, 0.1) is 18.4 Å². The van der Waals surface area contributed by atoms with Crippen LogP contribution in [0.4, 0.5) is 0 Å². The number of benzene rings is 1. The van der Waals surface area contributed by atoms with Crippen LogP contribution in [0.2, 0.25) is 0 Å².